The van der Waals surface area contributed by atoms with E-state index in [0.29, 0.717) is 45.0 Å². The normalized spacial score (nSPS) is 13.6. The van der Waals surface area contributed by atoms with Crippen LogP contribution in [0.25, 0.3) is 11.4 Å². The quantitative estimate of drug-likeness (QED) is 0.519. The third kappa shape index (κ3) is 5.71. The van der Waals surface area contributed by atoms with E-state index in [-0.39, 0.29) is 6.03 Å². The van der Waals surface area contributed by atoms with Crippen molar-refractivity contribution in [1.29, 1.82) is 0 Å². The first-order valence-corrected chi connectivity index (χ1v) is 11.8. The number of rotatable bonds is 7. The predicted octanol–water partition coefficient (Wildman–Crippen LogP) is 3.69. The van der Waals surface area contributed by atoms with Gasteiger partial charge >= 0.3 is 6.03 Å². The van der Waals surface area contributed by atoms with E-state index in [0.717, 1.165) is 34.0 Å². The van der Waals surface area contributed by atoms with Crippen molar-refractivity contribution in [3.8, 4) is 17.1 Å². The fraction of sp³-hybridized carbons (Fsp3) is 0.370. The molecule has 0 bridgehead atoms. The van der Waals surface area contributed by atoms with Crippen molar-refractivity contribution in [3.63, 3.8) is 0 Å². The zero-order valence-corrected chi connectivity index (χ0v) is 20.9. The molecule has 2 heterocycles. The summed E-state index contributed by atoms with van der Waals surface area (Å²) < 4.78 is 11.0. The molecule has 0 N–H and O–H groups in total. The van der Waals surface area contributed by atoms with Gasteiger partial charge in [-0.1, -0.05) is 42.5 Å². The summed E-state index contributed by atoms with van der Waals surface area (Å²) in [5, 5.41) is 0. The number of urea groups is 1. The Morgan fingerprint density at radius 3 is 2.37 bits per heavy atom. The van der Waals surface area contributed by atoms with E-state index in [2.05, 4.69) is 11.0 Å². The van der Waals surface area contributed by atoms with E-state index in [9.17, 15) is 4.79 Å². The van der Waals surface area contributed by atoms with E-state index in [1.807, 2.05) is 53.4 Å². The van der Waals surface area contributed by atoms with Crippen LogP contribution in [0, 0.1) is 0 Å². The van der Waals surface area contributed by atoms with Crippen molar-refractivity contribution >= 4 is 11.8 Å². The second-order valence-electron chi connectivity index (χ2n) is 8.77. The van der Waals surface area contributed by atoms with Gasteiger partial charge in [-0.15, -0.1) is 0 Å². The van der Waals surface area contributed by atoms with E-state index in [1.165, 1.54) is 0 Å². The lowest BCUT2D eigenvalue weighted by Gasteiger charge is -2.37. The molecule has 1 aliphatic heterocycles. The number of ether oxygens (including phenoxy) is 2. The monoisotopic (exact) mass is 475 g/mol. The Kier molecular flexibility index (Phi) is 7.82. The maximum atomic E-state index is 12.5. The zero-order valence-electron chi connectivity index (χ0n) is 20.9. The number of aromatic nitrogens is 2. The Balaban J connectivity index is 1.75. The first kappa shape index (κ1) is 24.5. The molecule has 0 saturated carbocycles. The highest BCUT2D eigenvalue weighted by atomic mass is 16.5. The van der Waals surface area contributed by atoms with E-state index in [1.54, 1.807) is 33.2 Å². The Morgan fingerprint density at radius 1 is 0.971 bits per heavy atom. The molecule has 0 unspecified atom stereocenters. The number of methoxy groups -OCH3 is 2. The lowest BCUT2D eigenvalue weighted by atomic mass is 10.0. The molecule has 8 nitrogen and oxygen atoms in total. The molecule has 1 aromatic heterocycles. The fourth-order valence-corrected chi connectivity index (χ4v) is 4.31. The number of benzene rings is 2. The molecule has 1 saturated heterocycles. The topological polar surface area (TPSA) is 71.0 Å². The van der Waals surface area contributed by atoms with Gasteiger partial charge in [0.25, 0.3) is 0 Å². The number of anilines is 1. The van der Waals surface area contributed by atoms with Crippen LogP contribution in [0.4, 0.5) is 10.6 Å². The third-order valence-corrected chi connectivity index (χ3v) is 6.13. The highest BCUT2D eigenvalue weighted by molar-refractivity contribution is 5.74. The van der Waals surface area contributed by atoms with Gasteiger partial charge in [0.2, 0.25) is 0 Å². The van der Waals surface area contributed by atoms with Crippen LogP contribution in [0.3, 0.4) is 0 Å². The molecule has 4 rings (SSSR count). The molecule has 0 atom stereocenters. The molecule has 0 aliphatic carbocycles. The van der Waals surface area contributed by atoms with Crippen LogP contribution in [0.15, 0.2) is 54.6 Å². The van der Waals surface area contributed by atoms with Crippen molar-refractivity contribution in [3.05, 3.63) is 71.4 Å². The SMILES string of the molecule is COCc1nc(-c2ccccc2)nc(N2CCN(C(=O)N(C)C)CC2)c1Cc1cccc(OC)c1. The summed E-state index contributed by atoms with van der Waals surface area (Å²) in [7, 11) is 6.93. The van der Waals surface area contributed by atoms with Crippen molar-refractivity contribution in [2.75, 3.05) is 59.4 Å². The maximum Gasteiger partial charge on any atom is 0.319 e. The van der Waals surface area contributed by atoms with E-state index >= 15 is 0 Å². The lowest BCUT2D eigenvalue weighted by Crippen LogP contribution is -2.52. The minimum absolute atomic E-state index is 0.0361. The first-order valence-electron chi connectivity index (χ1n) is 11.8. The Bertz CT molecular complexity index is 1140. The van der Waals surface area contributed by atoms with Crippen LogP contribution in [0.5, 0.6) is 5.75 Å². The minimum atomic E-state index is 0.0361. The summed E-state index contributed by atoms with van der Waals surface area (Å²) in [6.07, 6.45) is 0.650. The highest BCUT2D eigenvalue weighted by Gasteiger charge is 2.26. The number of nitrogens with zero attached hydrogens (tertiary/aromatic N) is 5. The molecule has 1 fully saturated rings. The van der Waals surface area contributed by atoms with Crippen molar-refractivity contribution in [1.82, 2.24) is 19.8 Å². The number of amides is 2. The summed E-state index contributed by atoms with van der Waals surface area (Å²) >= 11 is 0. The molecule has 35 heavy (non-hydrogen) atoms. The number of carbonyl (C=O) groups is 1. The molecular formula is C27H33N5O3. The molecule has 8 heteroatoms. The average Bonchev–Trinajstić information content (AvgIpc) is 2.90. The van der Waals surface area contributed by atoms with Crippen molar-refractivity contribution < 1.29 is 14.3 Å². The predicted molar refractivity (Wildman–Crippen MR) is 137 cm³/mol. The van der Waals surface area contributed by atoms with E-state index < -0.39 is 0 Å². The van der Waals surface area contributed by atoms with E-state index in [4.69, 9.17) is 19.4 Å². The molecular weight excluding hydrogens is 442 g/mol. The van der Waals surface area contributed by atoms with Gasteiger partial charge in [0.15, 0.2) is 5.82 Å². The van der Waals surface area contributed by atoms with Crippen molar-refractivity contribution in [2.45, 2.75) is 13.0 Å². The summed E-state index contributed by atoms with van der Waals surface area (Å²) in [4.78, 5) is 28.2. The Labute approximate surface area is 207 Å². The van der Waals surface area contributed by atoms with Gasteiger partial charge in [0, 0.05) is 64.9 Å². The van der Waals surface area contributed by atoms with Crippen LogP contribution in [-0.4, -0.2) is 80.3 Å². The molecule has 1 aliphatic rings. The van der Waals surface area contributed by atoms with Gasteiger partial charge in [-0.05, 0) is 17.7 Å². The smallest absolute Gasteiger partial charge is 0.319 e. The largest absolute Gasteiger partial charge is 0.497 e. The fourth-order valence-electron chi connectivity index (χ4n) is 4.31. The standard InChI is InChI=1S/C27H33N5O3/c1-30(2)27(33)32-15-13-31(14-16-32)26-23(18-20-9-8-12-22(17-20)35-4)24(19-34-3)28-25(29-26)21-10-6-5-7-11-21/h5-12,17H,13-16,18-19H2,1-4H3. The van der Waals surface area contributed by atoms with Gasteiger partial charge in [-0.3, -0.25) is 0 Å². The van der Waals surface area contributed by atoms with Crippen LogP contribution >= 0.6 is 0 Å². The Morgan fingerprint density at radius 2 is 1.71 bits per heavy atom. The second-order valence-corrected chi connectivity index (χ2v) is 8.77. The summed E-state index contributed by atoms with van der Waals surface area (Å²) in [5.74, 6) is 2.38. The van der Waals surface area contributed by atoms with Gasteiger partial charge in [-0.2, -0.15) is 0 Å². The summed E-state index contributed by atoms with van der Waals surface area (Å²) in [5.41, 5.74) is 3.97. The van der Waals surface area contributed by atoms with Gasteiger partial charge < -0.3 is 24.2 Å². The number of hydrogen-bond acceptors (Lipinski definition) is 6. The summed E-state index contributed by atoms with van der Waals surface area (Å²) in [6.45, 7) is 3.05. The molecule has 2 amide bonds. The average molecular weight is 476 g/mol. The molecule has 3 aromatic rings. The van der Waals surface area contributed by atoms with Gasteiger partial charge in [0.1, 0.15) is 11.6 Å². The number of piperazine rings is 1. The zero-order chi connectivity index (χ0) is 24.8. The lowest BCUT2D eigenvalue weighted by molar-refractivity contribution is 0.167. The Hall–Kier alpha value is -3.65. The van der Waals surface area contributed by atoms with Gasteiger partial charge in [0.05, 0.1) is 19.4 Å². The highest BCUT2D eigenvalue weighted by Crippen LogP contribution is 2.30. The van der Waals surface area contributed by atoms with Crippen LogP contribution < -0.4 is 9.64 Å². The third-order valence-electron chi connectivity index (χ3n) is 6.13. The first-order chi connectivity index (χ1) is 17.0. The second kappa shape index (κ2) is 11.2. The minimum Gasteiger partial charge on any atom is -0.497 e. The van der Waals surface area contributed by atoms with Crippen LogP contribution in [-0.2, 0) is 17.8 Å². The van der Waals surface area contributed by atoms with Crippen LogP contribution in [0.2, 0.25) is 0 Å². The molecule has 2 aromatic carbocycles. The summed E-state index contributed by atoms with van der Waals surface area (Å²) in [6, 6.07) is 18.1. The molecule has 184 valence electrons. The van der Waals surface area contributed by atoms with Crippen molar-refractivity contribution in [2.24, 2.45) is 0 Å². The maximum absolute atomic E-state index is 12.5. The number of carbonyl (C=O) groups excluding carboxylic acids is 1. The van der Waals surface area contributed by atoms with Crippen LogP contribution in [0.1, 0.15) is 16.8 Å². The molecule has 0 radical (unpaired) electrons. The number of hydrogen-bond donors (Lipinski definition) is 0. The molecule has 0 spiro atoms. The van der Waals surface area contributed by atoms with Gasteiger partial charge in [-0.25, -0.2) is 14.8 Å².